The summed E-state index contributed by atoms with van der Waals surface area (Å²) in [6.07, 6.45) is 0. The van der Waals surface area contributed by atoms with Crippen molar-refractivity contribution in [2.45, 2.75) is 0 Å². The van der Waals surface area contributed by atoms with Crippen LogP contribution in [0.5, 0.6) is 0 Å². The van der Waals surface area contributed by atoms with Crippen molar-refractivity contribution in [3.05, 3.63) is 291 Å². The number of benzene rings is 12. The highest BCUT2D eigenvalue weighted by molar-refractivity contribution is 6.10. The van der Waals surface area contributed by atoms with E-state index in [1.165, 1.54) is 77.1 Å². The van der Waals surface area contributed by atoms with Crippen molar-refractivity contribution < 1.29 is 0 Å². The summed E-state index contributed by atoms with van der Waals surface area (Å²) in [4.78, 5) is 2.44. The summed E-state index contributed by atoms with van der Waals surface area (Å²) < 4.78 is 2.40. The third kappa shape index (κ3) is 7.73. The maximum absolute atomic E-state index is 2.44. The molecule has 0 saturated heterocycles. The molecule has 1 aromatic heterocycles. The van der Waals surface area contributed by atoms with Crippen molar-refractivity contribution in [3.63, 3.8) is 0 Å². The normalized spacial score (nSPS) is 11.3. The van der Waals surface area contributed by atoms with Gasteiger partial charge in [0, 0.05) is 33.4 Å². The lowest BCUT2D eigenvalue weighted by Gasteiger charge is -2.29. The largest absolute Gasteiger partial charge is 0.310 e. The molecule has 0 spiro atoms. The van der Waals surface area contributed by atoms with E-state index in [0.717, 1.165) is 45.0 Å². The lowest BCUT2D eigenvalue weighted by molar-refractivity contribution is 1.18. The Labute approximate surface area is 420 Å². The van der Waals surface area contributed by atoms with Crippen LogP contribution in [0.1, 0.15) is 0 Å². The molecular formula is C70H48N2. The first-order valence-electron chi connectivity index (χ1n) is 24.7. The molecular weight excluding hydrogens is 869 g/mol. The molecule has 0 saturated carbocycles. The zero-order chi connectivity index (χ0) is 47.8. The quantitative estimate of drug-likeness (QED) is 0.133. The minimum atomic E-state index is 1.07. The lowest BCUT2D eigenvalue weighted by atomic mass is 9.88. The summed E-state index contributed by atoms with van der Waals surface area (Å²) in [7, 11) is 0. The minimum absolute atomic E-state index is 1.07. The lowest BCUT2D eigenvalue weighted by Crippen LogP contribution is -2.11. The first-order chi connectivity index (χ1) is 35.7. The second kappa shape index (κ2) is 18.4. The van der Waals surface area contributed by atoms with E-state index in [9.17, 15) is 0 Å². The zero-order valence-corrected chi connectivity index (χ0v) is 39.6. The number of anilines is 3. The molecule has 2 heteroatoms. The molecule has 0 atom stereocenters. The van der Waals surface area contributed by atoms with Gasteiger partial charge >= 0.3 is 0 Å². The van der Waals surface area contributed by atoms with Crippen molar-refractivity contribution in [2.75, 3.05) is 4.90 Å². The van der Waals surface area contributed by atoms with Crippen LogP contribution in [0.25, 0.3) is 105 Å². The van der Waals surface area contributed by atoms with E-state index >= 15 is 0 Å². The third-order valence-corrected chi connectivity index (χ3v) is 14.2. The Morgan fingerprint density at radius 3 is 1.47 bits per heavy atom. The smallest absolute Gasteiger partial charge is 0.0547 e. The van der Waals surface area contributed by atoms with Gasteiger partial charge in [0.05, 0.1) is 16.7 Å². The molecule has 0 aliphatic heterocycles. The molecule has 2 nitrogen and oxygen atoms in total. The van der Waals surface area contributed by atoms with Gasteiger partial charge in [-0.1, -0.05) is 237 Å². The van der Waals surface area contributed by atoms with Gasteiger partial charge < -0.3 is 9.47 Å². The average Bonchev–Trinajstić information content (AvgIpc) is 3.80. The predicted molar refractivity (Wildman–Crippen MR) is 306 cm³/mol. The van der Waals surface area contributed by atoms with Crippen molar-refractivity contribution in [3.8, 4) is 72.4 Å². The maximum atomic E-state index is 2.44. The highest BCUT2D eigenvalue weighted by Crippen LogP contribution is 2.46. The van der Waals surface area contributed by atoms with Crippen LogP contribution in [0.15, 0.2) is 291 Å². The van der Waals surface area contributed by atoms with Crippen molar-refractivity contribution in [2.24, 2.45) is 0 Å². The van der Waals surface area contributed by atoms with Crippen molar-refractivity contribution in [1.29, 1.82) is 0 Å². The van der Waals surface area contributed by atoms with E-state index < -0.39 is 0 Å². The zero-order valence-electron chi connectivity index (χ0n) is 39.6. The number of rotatable bonds is 10. The summed E-state index contributed by atoms with van der Waals surface area (Å²) in [5, 5.41) is 5.00. The van der Waals surface area contributed by atoms with Gasteiger partial charge in [0.2, 0.25) is 0 Å². The molecule has 0 N–H and O–H groups in total. The van der Waals surface area contributed by atoms with Crippen LogP contribution in [-0.4, -0.2) is 4.57 Å². The van der Waals surface area contributed by atoms with Gasteiger partial charge in [0.1, 0.15) is 0 Å². The Morgan fingerprint density at radius 2 is 0.708 bits per heavy atom. The van der Waals surface area contributed by atoms with Crippen LogP contribution in [0.4, 0.5) is 17.1 Å². The van der Waals surface area contributed by atoms with Crippen LogP contribution >= 0.6 is 0 Å². The summed E-state index contributed by atoms with van der Waals surface area (Å²) in [6, 6.07) is 106. The monoisotopic (exact) mass is 916 g/mol. The third-order valence-electron chi connectivity index (χ3n) is 14.2. The molecule has 72 heavy (non-hydrogen) atoms. The number of fused-ring (bicyclic) bond motifs is 4. The number of para-hydroxylation sites is 3. The highest BCUT2D eigenvalue weighted by atomic mass is 15.1. The fourth-order valence-corrected chi connectivity index (χ4v) is 10.8. The Hall–Kier alpha value is -9.50. The van der Waals surface area contributed by atoms with Crippen LogP contribution in [0.3, 0.4) is 0 Å². The van der Waals surface area contributed by atoms with Gasteiger partial charge in [0.15, 0.2) is 0 Å². The molecule has 13 rings (SSSR count). The fraction of sp³-hybridized carbons (Fsp3) is 0. The van der Waals surface area contributed by atoms with Gasteiger partial charge in [-0.05, 0) is 127 Å². The molecule has 13 aromatic rings. The van der Waals surface area contributed by atoms with E-state index in [1.807, 2.05) is 0 Å². The van der Waals surface area contributed by atoms with E-state index in [1.54, 1.807) is 0 Å². The van der Waals surface area contributed by atoms with Gasteiger partial charge in [-0.25, -0.2) is 0 Å². The molecule has 0 bridgehead atoms. The molecule has 0 fully saturated rings. The van der Waals surface area contributed by atoms with Crippen LogP contribution < -0.4 is 4.90 Å². The Bertz CT molecular complexity index is 4070. The Kier molecular flexibility index (Phi) is 10.9. The minimum Gasteiger partial charge on any atom is -0.310 e. The van der Waals surface area contributed by atoms with Gasteiger partial charge in [0.25, 0.3) is 0 Å². The highest BCUT2D eigenvalue weighted by Gasteiger charge is 2.21. The first kappa shape index (κ1) is 42.6. The van der Waals surface area contributed by atoms with E-state index in [0.29, 0.717) is 0 Å². The number of nitrogens with zero attached hydrogens (tertiary/aromatic N) is 2. The average molecular weight is 917 g/mol. The Balaban J connectivity index is 0.947. The fourth-order valence-electron chi connectivity index (χ4n) is 10.8. The molecule has 0 radical (unpaired) electrons. The van der Waals surface area contributed by atoms with Crippen molar-refractivity contribution in [1.82, 2.24) is 4.57 Å². The number of hydrogen-bond donors (Lipinski definition) is 0. The standard InChI is InChI=1S/C70H48N2/c1-3-19-51(20-4-1)61-28-9-10-29-62(61)63-30-11-12-31-64(63)65-32-13-15-35-68(65)71(57-44-41-50(42-45-57)49-37-39-53(40-38-49)60-34-18-22-52-21-7-8-27-59(52)60)58-26-17-23-54(47-58)55-43-46-67-66-33-14-16-36-69(66)72(70(67)48-55)56-24-5-2-6-25-56/h1-48H. The van der Waals surface area contributed by atoms with Gasteiger partial charge in [-0.3, -0.25) is 0 Å². The SMILES string of the molecule is c1ccc(-c2ccccc2-c2ccccc2-c2ccccc2N(c2ccc(-c3ccc(-c4cccc5ccccc45)cc3)cc2)c2cccc(-c3ccc4c5ccccc5n(-c5ccccc5)c4c3)c2)cc1. The molecule has 0 aliphatic carbocycles. The summed E-state index contributed by atoms with van der Waals surface area (Å²) in [5.41, 5.74) is 20.9. The molecule has 12 aromatic carbocycles. The first-order valence-corrected chi connectivity index (χ1v) is 24.7. The van der Waals surface area contributed by atoms with Crippen LogP contribution in [0.2, 0.25) is 0 Å². The Morgan fingerprint density at radius 1 is 0.236 bits per heavy atom. The summed E-state index contributed by atoms with van der Waals surface area (Å²) in [5.74, 6) is 0. The maximum Gasteiger partial charge on any atom is 0.0547 e. The second-order valence-electron chi connectivity index (χ2n) is 18.4. The van der Waals surface area contributed by atoms with Gasteiger partial charge in [-0.2, -0.15) is 0 Å². The topological polar surface area (TPSA) is 8.17 Å². The number of hydrogen-bond acceptors (Lipinski definition) is 1. The van der Waals surface area contributed by atoms with E-state index in [2.05, 4.69) is 301 Å². The van der Waals surface area contributed by atoms with Crippen LogP contribution in [0, 0.1) is 0 Å². The molecule has 0 amide bonds. The molecule has 338 valence electrons. The summed E-state index contributed by atoms with van der Waals surface area (Å²) in [6.45, 7) is 0. The predicted octanol–water partition coefficient (Wildman–Crippen LogP) is 19.4. The molecule has 1 heterocycles. The van der Waals surface area contributed by atoms with E-state index in [4.69, 9.17) is 0 Å². The molecule has 0 aliphatic rings. The molecule has 0 unspecified atom stereocenters. The van der Waals surface area contributed by atoms with Gasteiger partial charge in [-0.15, -0.1) is 0 Å². The van der Waals surface area contributed by atoms with E-state index in [-0.39, 0.29) is 0 Å². The second-order valence-corrected chi connectivity index (χ2v) is 18.4. The van der Waals surface area contributed by atoms with Crippen LogP contribution in [-0.2, 0) is 0 Å². The summed E-state index contributed by atoms with van der Waals surface area (Å²) >= 11 is 0. The number of aromatic nitrogens is 1. The van der Waals surface area contributed by atoms with Crippen molar-refractivity contribution >= 4 is 49.6 Å².